The zero-order valence-electron chi connectivity index (χ0n) is 8.44. The van der Waals surface area contributed by atoms with E-state index in [1.807, 2.05) is 0 Å². The summed E-state index contributed by atoms with van der Waals surface area (Å²) in [5.74, 6) is 0.805. The summed E-state index contributed by atoms with van der Waals surface area (Å²) >= 11 is 0. The molecule has 84 valence electrons. The van der Waals surface area contributed by atoms with E-state index in [9.17, 15) is 5.11 Å². The van der Waals surface area contributed by atoms with Crippen molar-refractivity contribution in [3.63, 3.8) is 0 Å². The fraction of sp³-hybridized carbons (Fsp3) is 0.500. The van der Waals surface area contributed by atoms with Crippen LogP contribution >= 0.6 is 12.4 Å². The van der Waals surface area contributed by atoms with Crippen LogP contribution in [0.25, 0.3) is 0 Å². The number of nitrogens with one attached hydrogen (secondary N) is 2. The van der Waals surface area contributed by atoms with Crippen molar-refractivity contribution in [2.24, 2.45) is 0 Å². The zero-order valence-corrected chi connectivity index (χ0v) is 9.26. The summed E-state index contributed by atoms with van der Waals surface area (Å²) in [4.78, 5) is 4.08. The molecule has 1 atom stereocenters. The van der Waals surface area contributed by atoms with Crippen LogP contribution in [-0.4, -0.2) is 29.2 Å². The Hall–Kier alpha value is -1.00. The molecule has 0 aliphatic carbocycles. The fourth-order valence-electron chi connectivity index (χ4n) is 1.68. The van der Waals surface area contributed by atoms with E-state index < -0.39 is 0 Å². The number of hydrogen-bond donors (Lipinski definition) is 3. The molecule has 0 unspecified atom stereocenters. The number of aromatic nitrogens is 1. The average Bonchev–Trinajstić information content (AvgIpc) is 2.23. The van der Waals surface area contributed by atoms with Crippen LogP contribution in [0.4, 0.5) is 5.82 Å². The van der Waals surface area contributed by atoms with E-state index in [-0.39, 0.29) is 18.2 Å². The van der Waals surface area contributed by atoms with Gasteiger partial charge in [-0.2, -0.15) is 0 Å². The number of piperidine rings is 1. The van der Waals surface area contributed by atoms with Crippen LogP contribution in [-0.2, 0) is 0 Å². The number of nitrogens with zero attached hydrogens (tertiary/aromatic N) is 1. The predicted molar refractivity (Wildman–Crippen MR) is 62.7 cm³/mol. The first-order valence-electron chi connectivity index (χ1n) is 4.97. The monoisotopic (exact) mass is 229 g/mol. The Kier molecular flexibility index (Phi) is 4.65. The second kappa shape index (κ2) is 5.78. The zero-order chi connectivity index (χ0) is 9.80. The van der Waals surface area contributed by atoms with E-state index in [0.29, 0.717) is 11.9 Å². The second-order valence-electron chi connectivity index (χ2n) is 3.56. The van der Waals surface area contributed by atoms with Gasteiger partial charge in [-0.3, -0.25) is 0 Å². The van der Waals surface area contributed by atoms with Crippen molar-refractivity contribution in [1.82, 2.24) is 10.3 Å². The third-order valence-corrected chi connectivity index (χ3v) is 2.42. The number of halogens is 1. The second-order valence-corrected chi connectivity index (χ2v) is 3.56. The summed E-state index contributed by atoms with van der Waals surface area (Å²) in [5.41, 5.74) is 0. The van der Waals surface area contributed by atoms with Crippen molar-refractivity contribution < 1.29 is 5.11 Å². The Bertz CT molecular complexity index is 302. The molecule has 0 amide bonds. The van der Waals surface area contributed by atoms with Gasteiger partial charge < -0.3 is 15.7 Å². The summed E-state index contributed by atoms with van der Waals surface area (Å²) in [6.45, 7) is 2.03. The summed E-state index contributed by atoms with van der Waals surface area (Å²) in [7, 11) is 0. The maximum absolute atomic E-state index is 9.50. The normalized spacial score (nSPS) is 20.4. The summed E-state index contributed by atoms with van der Waals surface area (Å²) in [5, 5.41) is 16.0. The number of anilines is 1. The van der Waals surface area contributed by atoms with Gasteiger partial charge in [-0.15, -0.1) is 12.4 Å². The van der Waals surface area contributed by atoms with Crippen LogP contribution in [0.5, 0.6) is 5.75 Å². The van der Waals surface area contributed by atoms with Gasteiger partial charge in [0.25, 0.3) is 0 Å². The highest BCUT2D eigenvalue weighted by Crippen LogP contribution is 2.20. The fourth-order valence-corrected chi connectivity index (χ4v) is 1.68. The van der Waals surface area contributed by atoms with Gasteiger partial charge in [0.1, 0.15) is 0 Å². The molecule has 1 saturated heterocycles. The van der Waals surface area contributed by atoms with E-state index in [1.165, 1.54) is 6.42 Å². The molecule has 1 aromatic heterocycles. The Morgan fingerprint density at radius 1 is 1.53 bits per heavy atom. The van der Waals surface area contributed by atoms with Gasteiger partial charge in [0.15, 0.2) is 11.6 Å². The van der Waals surface area contributed by atoms with Gasteiger partial charge in [0.2, 0.25) is 0 Å². The molecule has 0 bridgehead atoms. The van der Waals surface area contributed by atoms with E-state index in [2.05, 4.69) is 15.6 Å². The first kappa shape index (κ1) is 12.1. The Morgan fingerprint density at radius 2 is 2.40 bits per heavy atom. The van der Waals surface area contributed by atoms with Gasteiger partial charge in [-0.25, -0.2) is 4.98 Å². The van der Waals surface area contributed by atoms with Crippen molar-refractivity contribution in [1.29, 1.82) is 0 Å². The SMILES string of the molecule is Cl.Oc1cccnc1N[C@@H]1CCCNC1. The highest BCUT2D eigenvalue weighted by atomic mass is 35.5. The first-order valence-corrected chi connectivity index (χ1v) is 4.97. The van der Waals surface area contributed by atoms with Crippen LogP contribution in [0, 0.1) is 0 Å². The van der Waals surface area contributed by atoms with Gasteiger partial charge in [0, 0.05) is 18.8 Å². The molecule has 0 saturated carbocycles. The van der Waals surface area contributed by atoms with Crippen LogP contribution < -0.4 is 10.6 Å². The molecular weight excluding hydrogens is 214 g/mol. The van der Waals surface area contributed by atoms with E-state index >= 15 is 0 Å². The van der Waals surface area contributed by atoms with Crippen molar-refractivity contribution in [2.75, 3.05) is 18.4 Å². The van der Waals surface area contributed by atoms with Crippen LogP contribution in [0.15, 0.2) is 18.3 Å². The Morgan fingerprint density at radius 3 is 3.07 bits per heavy atom. The van der Waals surface area contributed by atoms with Crippen molar-refractivity contribution in [3.8, 4) is 5.75 Å². The van der Waals surface area contributed by atoms with E-state index in [1.54, 1.807) is 18.3 Å². The minimum absolute atomic E-state index is 0. The molecule has 4 nitrogen and oxygen atoms in total. The quantitative estimate of drug-likeness (QED) is 0.717. The lowest BCUT2D eigenvalue weighted by atomic mass is 10.1. The van der Waals surface area contributed by atoms with Crippen LogP contribution in [0.2, 0.25) is 0 Å². The van der Waals surface area contributed by atoms with Crippen LogP contribution in [0.1, 0.15) is 12.8 Å². The number of rotatable bonds is 2. The molecule has 1 aromatic rings. The van der Waals surface area contributed by atoms with Crippen molar-refractivity contribution in [3.05, 3.63) is 18.3 Å². The molecule has 1 aliphatic rings. The standard InChI is InChI=1S/C10H15N3O.ClH/c14-9-4-2-6-12-10(9)13-8-3-1-5-11-7-8;/h2,4,6,8,11,14H,1,3,5,7H2,(H,12,13);1H/t8-;/m1./s1. The van der Waals surface area contributed by atoms with Crippen LogP contribution in [0.3, 0.4) is 0 Å². The van der Waals surface area contributed by atoms with Gasteiger partial charge in [-0.05, 0) is 31.5 Å². The first-order chi connectivity index (χ1) is 6.86. The van der Waals surface area contributed by atoms with E-state index in [4.69, 9.17) is 0 Å². The minimum atomic E-state index is 0. The third kappa shape index (κ3) is 3.25. The molecule has 1 aliphatic heterocycles. The molecule has 1 fully saturated rings. The molecule has 3 N–H and O–H groups in total. The predicted octanol–water partition coefficient (Wildman–Crippen LogP) is 1.37. The summed E-state index contributed by atoms with van der Waals surface area (Å²) in [6, 6.07) is 3.75. The third-order valence-electron chi connectivity index (χ3n) is 2.42. The van der Waals surface area contributed by atoms with Gasteiger partial charge in [0.05, 0.1) is 0 Å². The van der Waals surface area contributed by atoms with Crippen molar-refractivity contribution in [2.45, 2.75) is 18.9 Å². The van der Waals surface area contributed by atoms with E-state index in [0.717, 1.165) is 19.5 Å². The summed E-state index contributed by atoms with van der Waals surface area (Å²) < 4.78 is 0. The number of hydrogen-bond acceptors (Lipinski definition) is 4. The molecule has 2 heterocycles. The van der Waals surface area contributed by atoms with Gasteiger partial charge >= 0.3 is 0 Å². The topological polar surface area (TPSA) is 57.2 Å². The molecule has 0 radical (unpaired) electrons. The number of aromatic hydroxyl groups is 1. The molecule has 15 heavy (non-hydrogen) atoms. The highest BCUT2D eigenvalue weighted by molar-refractivity contribution is 5.85. The summed E-state index contributed by atoms with van der Waals surface area (Å²) in [6.07, 6.45) is 3.98. The smallest absolute Gasteiger partial charge is 0.168 e. The number of pyridine rings is 1. The average molecular weight is 230 g/mol. The van der Waals surface area contributed by atoms with Crippen molar-refractivity contribution >= 4 is 18.2 Å². The Balaban J connectivity index is 0.00000112. The van der Waals surface area contributed by atoms with Gasteiger partial charge in [-0.1, -0.05) is 0 Å². The molecule has 0 spiro atoms. The maximum atomic E-state index is 9.50. The highest BCUT2D eigenvalue weighted by Gasteiger charge is 2.13. The maximum Gasteiger partial charge on any atom is 0.168 e. The minimum Gasteiger partial charge on any atom is -0.504 e. The lowest BCUT2D eigenvalue weighted by molar-refractivity contribution is 0.460. The Labute approximate surface area is 95.5 Å². The lowest BCUT2D eigenvalue weighted by Crippen LogP contribution is -2.38. The molecule has 2 rings (SSSR count). The molecular formula is C10H16ClN3O. The largest absolute Gasteiger partial charge is 0.504 e. The molecule has 0 aromatic carbocycles. The lowest BCUT2D eigenvalue weighted by Gasteiger charge is -2.24. The molecule has 5 heteroatoms.